The van der Waals surface area contributed by atoms with Crippen LogP contribution in [-0.4, -0.2) is 18.1 Å². The minimum absolute atomic E-state index is 0.519. The average molecular weight is 216 g/mol. The Morgan fingerprint density at radius 2 is 2.54 bits per heavy atom. The van der Waals surface area contributed by atoms with Crippen LogP contribution in [0.5, 0.6) is 0 Å². The second-order valence-corrected chi connectivity index (χ2v) is 3.66. The lowest BCUT2D eigenvalue weighted by Gasteiger charge is -2.17. The van der Waals surface area contributed by atoms with Crippen LogP contribution in [0.1, 0.15) is 13.3 Å². The van der Waals surface area contributed by atoms with E-state index in [9.17, 15) is 0 Å². The van der Waals surface area contributed by atoms with Crippen LogP contribution in [0.25, 0.3) is 0 Å². The molecule has 0 aromatic carbocycles. The van der Waals surface area contributed by atoms with Crippen molar-refractivity contribution in [1.82, 2.24) is 4.98 Å². The zero-order valence-electron chi connectivity index (χ0n) is 7.33. The van der Waals surface area contributed by atoms with Gasteiger partial charge in [0.15, 0.2) is 5.13 Å². The van der Waals surface area contributed by atoms with Crippen LogP contribution in [0.3, 0.4) is 0 Å². The largest absolute Gasteiger partial charge is 0.347 e. The number of rotatable bonds is 4. The molecule has 1 rings (SSSR count). The van der Waals surface area contributed by atoms with Crippen LogP contribution < -0.4 is 4.90 Å². The van der Waals surface area contributed by atoms with Gasteiger partial charge in [-0.25, -0.2) is 4.98 Å². The topological polar surface area (TPSA) is 39.9 Å². The third kappa shape index (κ3) is 2.87. The van der Waals surface area contributed by atoms with E-state index in [1.165, 1.54) is 11.3 Å². The number of hydrogen-bond acceptors (Lipinski definition) is 4. The van der Waals surface area contributed by atoms with Crippen LogP contribution in [0, 0.1) is 11.3 Å². The Labute approximate surface area is 86.6 Å². The number of aromatic nitrogens is 1. The van der Waals surface area contributed by atoms with E-state index in [2.05, 4.69) is 11.1 Å². The molecule has 0 aliphatic rings. The molecule has 3 nitrogen and oxygen atoms in total. The Hall–Kier alpha value is -0.790. The summed E-state index contributed by atoms with van der Waals surface area (Å²) in [7, 11) is 0. The third-order valence-electron chi connectivity index (χ3n) is 1.61. The van der Waals surface area contributed by atoms with Crippen LogP contribution in [0.4, 0.5) is 5.13 Å². The molecule has 0 spiro atoms. The first-order chi connectivity index (χ1) is 6.27. The van der Waals surface area contributed by atoms with E-state index in [0.29, 0.717) is 11.6 Å². The molecule has 5 heteroatoms. The molecule has 1 aromatic heterocycles. The van der Waals surface area contributed by atoms with E-state index in [4.69, 9.17) is 16.9 Å². The van der Waals surface area contributed by atoms with Crippen LogP contribution in [-0.2, 0) is 0 Å². The standard InChI is InChI=1S/C8H10ClN3S/c1-2-12(5-3-4-10)8-11-7(9)6-13-8/h6H,2-3,5H2,1H3. The molecule has 13 heavy (non-hydrogen) atoms. The summed E-state index contributed by atoms with van der Waals surface area (Å²) in [6.45, 7) is 3.61. The summed E-state index contributed by atoms with van der Waals surface area (Å²) in [6, 6.07) is 2.11. The van der Waals surface area contributed by atoms with E-state index < -0.39 is 0 Å². The van der Waals surface area contributed by atoms with Crippen molar-refractivity contribution in [3.8, 4) is 6.07 Å². The lowest BCUT2D eigenvalue weighted by atomic mass is 10.4. The molecule has 1 aromatic rings. The van der Waals surface area contributed by atoms with Gasteiger partial charge in [-0.1, -0.05) is 11.6 Å². The molecule has 0 N–H and O–H groups in total. The molecular weight excluding hydrogens is 206 g/mol. The van der Waals surface area contributed by atoms with Gasteiger partial charge in [0, 0.05) is 18.5 Å². The first kappa shape index (κ1) is 10.3. The van der Waals surface area contributed by atoms with Gasteiger partial charge in [-0.2, -0.15) is 5.26 Å². The molecule has 0 saturated heterocycles. The highest BCUT2D eigenvalue weighted by molar-refractivity contribution is 7.14. The van der Waals surface area contributed by atoms with E-state index in [-0.39, 0.29) is 0 Å². The maximum absolute atomic E-state index is 8.44. The molecule has 0 bridgehead atoms. The van der Waals surface area contributed by atoms with E-state index in [1.807, 2.05) is 11.8 Å². The third-order valence-corrected chi connectivity index (χ3v) is 2.83. The van der Waals surface area contributed by atoms with Crippen molar-refractivity contribution in [2.24, 2.45) is 0 Å². The van der Waals surface area contributed by atoms with Gasteiger partial charge in [0.05, 0.1) is 12.5 Å². The second-order valence-electron chi connectivity index (χ2n) is 2.44. The highest BCUT2D eigenvalue weighted by Gasteiger charge is 2.07. The molecule has 0 unspecified atom stereocenters. The van der Waals surface area contributed by atoms with Gasteiger partial charge >= 0.3 is 0 Å². The molecule has 0 amide bonds. The van der Waals surface area contributed by atoms with Gasteiger partial charge in [-0.15, -0.1) is 11.3 Å². The van der Waals surface area contributed by atoms with Gasteiger partial charge in [0.1, 0.15) is 5.15 Å². The van der Waals surface area contributed by atoms with Crippen molar-refractivity contribution >= 4 is 28.1 Å². The number of thiazole rings is 1. The van der Waals surface area contributed by atoms with Crippen LogP contribution >= 0.6 is 22.9 Å². The zero-order valence-corrected chi connectivity index (χ0v) is 8.90. The van der Waals surface area contributed by atoms with Crippen molar-refractivity contribution in [3.63, 3.8) is 0 Å². The normalized spacial score (nSPS) is 9.62. The smallest absolute Gasteiger partial charge is 0.186 e. The fourth-order valence-corrected chi connectivity index (χ4v) is 2.00. The van der Waals surface area contributed by atoms with Gasteiger partial charge in [-0.3, -0.25) is 0 Å². The molecule has 0 aliphatic heterocycles. The predicted molar refractivity (Wildman–Crippen MR) is 55.2 cm³/mol. The minimum atomic E-state index is 0.519. The number of halogens is 1. The van der Waals surface area contributed by atoms with Crippen molar-refractivity contribution in [2.75, 3.05) is 18.0 Å². The summed E-state index contributed by atoms with van der Waals surface area (Å²) in [5.41, 5.74) is 0. The summed E-state index contributed by atoms with van der Waals surface area (Å²) < 4.78 is 0. The second kappa shape index (κ2) is 5.05. The zero-order chi connectivity index (χ0) is 9.68. The summed E-state index contributed by atoms with van der Waals surface area (Å²) in [6.07, 6.45) is 0.519. The highest BCUT2D eigenvalue weighted by Crippen LogP contribution is 2.22. The monoisotopic (exact) mass is 215 g/mol. The number of nitrogens with zero attached hydrogens (tertiary/aromatic N) is 3. The first-order valence-corrected chi connectivity index (χ1v) is 5.26. The van der Waals surface area contributed by atoms with E-state index in [0.717, 1.165) is 18.2 Å². The van der Waals surface area contributed by atoms with Gasteiger partial charge < -0.3 is 4.90 Å². The molecule has 70 valence electrons. The van der Waals surface area contributed by atoms with Crippen molar-refractivity contribution in [1.29, 1.82) is 5.26 Å². The highest BCUT2D eigenvalue weighted by atomic mass is 35.5. The van der Waals surface area contributed by atoms with Gasteiger partial charge in [0.2, 0.25) is 0 Å². The Kier molecular flexibility index (Phi) is 4.00. The Morgan fingerprint density at radius 1 is 1.77 bits per heavy atom. The van der Waals surface area contributed by atoms with Crippen LogP contribution in [0.2, 0.25) is 5.15 Å². The molecule has 0 aliphatic carbocycles. The lowest BCUT2D eigenvalue weighted by molar-refractivity contribution is 0.822. The minimum Gasteiger partial charge on any atom is -0.347 e. The van der Waals surface area contributed by atoms with Gasteiger partial charge in [-0.05, 0) is 6.92 Å². The number of nitriles is 1. The SMILES string of the molecule is CCN(CCC#N)c1nc(Cl)cs1. The summed E-state index contributed by atoms with van der Waals surface area (Å²) in [4.78, 5) is 6.18. The molecule has 0 fully saturated rings. The fraction of sp³-hybridized carbons (Fsp3) is 0.500. The Balaban J connectivity index is 2.62. The van der Waals surface area contributed by atoms with E-state index >= 15 is 0 Å². The van der Waals surface area contributed by atoms with Crippen molar-refractivity contribution in [3.05, 3.63) is 10.5 Å². The van der Waals surface area contributed by atoms with Crippen molar-refractivity contribution in [2.45, 2.75) is 13.3 Å². The van der Waals surface area contributed by atoms with Crippen molar-refractivity contribution < 1.29 is 0 Å². The number of hydrogen-bond donors (Lipinski definition) is 0. The molecule has 0 radical (unpaired) electrons. The average Bonchev–Trinajstić information content (AvgIpc) is 2.54. The van der Waals surface area contributed by atoms with Gasteiger partial charge in [0.25, 0.3) is 0 Å². The van der Waals surface area contributed by atoms with E-state index in [1.54, 1.807) is 5.38 Å². The lowest BCUT2D eigenvalue weighted by Crippen LogP contribution is -2.23. The summed E-state index contributed by atoms with van der Waals surface area (Å²) >= 11 is 7.21. The summed E-state index contributed by atoms with van der Waals surface area (Å²) in [5.74, 6) is 0. The molecule has 0 saturated carbocycles. The summed E-state index contributed by atoms with van der Waals surface area (Å²) in [5, 5.41) is 11.7. The number of anilines is 1. The maximum atomic E-state index is 8.44. The first-order valence-electron chi connectivity index (χ1n) is 4.01. The Morgan fingerprint density at radius 3 is 3.00 bits per heavy atom. The Bertz CT molecular complexity index is 305. The maximum Gasteiger partial charge on any atom is 0.186 e. The fourth-order valence-electron chi connectivity index (χ4n) is 0.965. The molecule has 1 heterocycles. The molecular formula is C8H10ClN3S. The predicted octanol–water partition coefficient (Wildman–Crippen LogP) is 2.54. The quantitative estimate of drug-likeness (QED) is 0.775. The van der Waals surface area contributed by atoms with Crippen LogP contribution in [0.15, 0.2) is 5.38 Å². The molecule has 0 atom stereocenters.